The molecule has 1 amide bonds. The van der Waals surface area contributed by atoms with Crippen molar-refractivity contribution in [2.75, 3.05) is 6.54 Å². The van der Waals surface area contributed by atoms with E-state index in [0.717, 1.165) is 49.1 Å². The van der Waals surface area contributed by atoms with Crippen molar-refractivity contribution in [3.8, 4) is 0 Å². The SMILES string of the molecule is CCC(=O)N1CCc2ccc3c(nc(C4CCC(C(=O)O)CC4)n3[C@@H](C)Cc3ccccc3)c2C1. The first-order valence-electron chi connectivity index (χ1n) is 13.0. The van der Waals surface area contributed by atoms with Gasteiger partial charge in [0.15, 0.2) is 0 Å². The Morgan fingerprint density at radius 1 is 1.09 bits per heavy atom. The summed E-state index contributed by atoms with van der Waals surface area (Å²) in [5.41, 5.74) is 5.92. The number of benzene rings is 2. The third-order valence-electron chi connectivity index (χ3n) is 8.00. The predicted octanol–water partition coefficient (Wildman–Crippen LogP) is 5.49. The van der Waals surface area contributed by atoms with Crippen LogP contribution in [0.4, 0.5) is 0 Å². The van der Waals surface area contributed by atoms with Crippen LogP contribution in [0.3, 0.4) is 0 Å². The average Bonchev–Trinajstić information content (AvgIpc) is 3.29. The number of carbonyl (C=O) groups excluding carboxylic acids is 1. The van der Waals surface area contributed by atoms with Gasteiger partial charge >= 0.3 is 5.97 Å². The lowest BCUT2D eigenvalue weighted by Gasteiger charge is -2.29. The molecule has 1 fully saturated rings. The fourth-order valence-corrected chi connectivity index (χ4v) is 6.05. The molecule has 2 aromatic carbocycles. The van der Waals surface area contributed by atoms with Gasteiger partial charge in [0.05, 0.1) is 17.0 Å². The molecule has 1 atom stereocenters. The van der Waals surface area contributed by atoms with Gasteiger partial charge < -0.3 is 14.6 Å². The van der Waals surface area contributed by atoms with Crippen LogP contribution < -0.4 is 0 Å². The van der Waals surface area contributed by atoms with Crippen LogP contribution in [0.2, 0.25) is 0 Å². The van der Waals surface area contributed by atoms with Crippen molar-refractivity contribution in [1.29, 1.82) is 0 Å². The maximum Gasteiger partial charge on any atom is 0.306 e. The summed E-state index contributed by atoms with van der Waals surface area (Å²) in [5.74, 6) is 0.608. The molecule has 1 saturated carbocycles. The smallest absolute Gasteiger partial charge is 0.306 e. The molecule has 6 heteroatoms. The highest BCUT2D eigenvalue weighted by Crippen LogP contribution is 2.40. The van der Waals surface area contributed by atoms with E-state index in [0.29, 0.717) is 25.8 Å². The van der Waals surface area contributed by atoms with Crippen molar-refractivity contribution in [3.63, 3.8) is 0 Å². The number of carboxylic acid groups (broad SMARTS) is 1. The van der Waals surface area contributed by atoms with Crippen LogP contribution in [0.25, 0.3) is 11.0 Å². The first kappa shape index (κ1) is 23.6. The second kappa shape index (κ2) is 9.84. The minimum absolute atomic E-state index is 0.191. The molecule has 0 spiro atoms. The molecule has 0 radical (unpaired) electrons. The molecule has 2 aliphatic rings. The molecule has 1 aromatic heterocycles. The van der Waals surface area contributed by atoms with E-state index in [9.17, 15) is 14.7 Å². The van der Waals surface area contributed by atoms with Crippen LogP contribution in [0.15, 0.2) is 42.5 Å². The minimum Gasteiger partial charge on any atom is -0.481 e. The highest BCUT2D eigenvalue weighted by molar-refractivity contribution is 5.83. The number of hydrogen-bond acceptors (Lipinski definition) is 3. The number of nitrogens with zero attached hydrogens (tertiary/aromatic N) is 3. The number of imidazole rings is 1. The summed E-state index contributed by atoms with van der Waals surface area (Å²) in [6.45, 7) is 5.56. The molecular weight excluding hydrogens is 438 g/mol. The third kappa shape index (κ3) is 4.58. The van der Waals surface area contributed by atoms with Crippen LogP contribution in [0, 0.1) is 5.92 Å². The normalized spacial score (nSPS) is 21.0. The van der Waals surface area contributed by atoms with Crippen LogP contribution in [-0.4, -0.2) is 38.0 Å². The van der Waals surface area contributed by atoms with E-state index in [1.807, 2.05) is 17.9 Å². The maximum absolute atomic E-state index is 12.5. The molecule has 1 N–H and O–H groups in total. The van der Waals surface area contributed by atoms with Crippen LogP contribution >= 0.6 is 0 Å². The molecular formula is C29H35N3O3. The number of carboxylic acids is 1. The summed E-state index contributed by atoms with van der Waals surface area (Å²) in [7, 11) is 0. The van der Waals surface area contributed by atoms with E-state index in [4.69, 9.17) is 4.98 Å². The van der Waals surface area contributed by atoms with E-state index in [1.54, 1.807) is 0 Å². The Bertz CT molecular complexity index is 1220. The Labute approximate surface area is 207 Å². The molecule has 35 heavy (non-hydrogen) atoms. The number of aromatic nitrogens is 2. The lowest BCUT2D eigenvalue weighted by atomic mass is 9.81. The largest absolute Gasteiger partial charge is 0.481 e. The summed E-state index contributed by atoms with van der Waals surface area (Å²) in [6, 6.07) is 15.2. The van der Waals surface area contributed by atoms with Crippen molar-refractivity contribution in [2.24, 2.45) is 5.92 Å². The van der Waals surface area contributed by atoms with Gasteiger partial charge in [-0.3, -0.25) is 9.59 Å². The van der Waals surface area contributed by atoms with Gasteiger partial charge in [0, 0.05) is 37.0 Å². The monoisotopic (exact) mass is 473 g/mol. The quantitative estimate of drug-likeness (QED) is 0.513. The molecule has 1 aliphatic carbocycles. The summed E-state index contributed by atoms with van der Waals surface area (Å²) in [5, 5.41) is 9.49. The molecule has 184 valence electrons. The Balaban J connectivity index is 1.56. The number of carbonyl (C=O) groups is 2. The predicted molar refractivity (Wildman–Crippen MR) is 136 cm³/mol. The highest BCUT2D eigenvalue weighted by atomic mass is 16.4. The number of hydrogen-bond donors (Lipinski definition) is 1. The van der Waals surface area contributed by atoms with E-state index < -0.39 is 5.97 Å². The van der Waals surface area contributed by atoms with Gasteiger partial charge in [-0.05, 0) is 62.6 Å². The van der Waals surface area contributed by atoms with Gasteiger partial charge in [-0.25, -0.2) is 4.98 Å². The van der Waals surface area contributed by atoms with Crippen molar-refractivity contribution >= 4 is 22.9 Å². The second-order valence-corrected chi connectivity index (χ2v) is 10.3. The third-order valence-corrected chi connectivity index (χ3v) is 8.00. The van der Waals surface area contributed by atoms with E-state index in [1.165, 1.54) is 16.7 Å². The first-order chi connectivity index (χ1) is 17.0. The number of fused-ring (bicyclic) bond motifs is 3. The molecule has 2 heterocycles. The lowest BCUT2D eigenvalue weighted by Crippen LogP contribution is -2.35. The summed E-state index contributed by atoms with van der Waals surface area (Å²) >= 11 is 0. The number of aliphatic carboxylic acids is 1. The Hall–Kier alpha value is -3.15. The molecule has 1 aliphatic heterocycles. The average molecular weight is 474 g/mol. The molecule has 0 unspecified atom stereocenters. The molecule has 0 bridgehead atoms. The summed E-state index contributed by atoms with van der Waals surface area (Å²) in [4.78, 5) is 31.3. The van der Waals surface area contributed by atoms with Crippen molar-refractivity contribution in [1.82, 2.24) is 14.5 Å². The maximum atomic E-state index is 12.5. The second-order valence-electron chi connectivity index (χ2n) is 10.3. The van der Waals surface area contributed by atoms with Gasteiger partial charge in [-0.2, -0.15) is 0 Å². The molecule has 6 nitrogen and oxygen atoms in total. The highest BCUT2D eigenvalue weighted by Gasteiger charge is 2.32. The van der Waals surface area contributed by atoms with Crippen LogP contribution in [0.1, 0.15) is 80.4 Å². The fourth-order valence-electron chi connectivity index (χ4n) is 6.05. The summed E-state index contributed by atoms with van der Waals surface area (Å²) in [6.07, 6.45) is 5.39. The molecule has 0 saturated heterocycles. The Morgan fingerprint density at radius 3 is 2.51 bits per heavy atom. The van der Waals surface area contributed by atoms with Gasteiger partial charge in [-0.1, -0.05) is 43.3 Å². The zero-order valence-corrected chi connectivity index (χ0v) is 20.7. The van der Waals surface area contributed by atoms with E-state index in [-0.39, 0.29) is 23.8 Å². The zero-order valence-electron chi connectivity index (χ0n) is 20.7. The zero-order chi connectivity index (χ0) is 24.5. The van der Waals surface area contributed by atoms with Crippen LogP contribution in [0.5, 0.6) is 0 Å². The molecule has 5 rings (SSSR count). The lowest BCUT2D eigenvalue weighted by molar-refractivity contribution is -0.142. The van der Waals surface area contributed by atoms with Crippen molar-refractivity contribution in [2.45, 2.75) is 77.3 Å². The topological polar surface area (TPSA) is 75.4 Å². The van der Waals surface area contributed by atoms with Crippen molar-refractivity contribution < 1.29 is 14.7 Å². The van der Waals surface area contributed by atoms with Gasteiger partial charge in [-0.15, -0.1) is 0 Å². The fraction of sp³-hybridized carbons (Fsp3) is 0.483. The first-order valence-corrected chi connectivity index (χ1v) is 13.0. The summed E-state index contributed by atoms with van der Waals surface area (Å²) < 4.78 is 2.41. The van der Waals surface area contributed by atoms with Crippen molar-refractivity contribution in [3.05, 3.63) is 65.0 Å². The number of amides is 1. The van der Waals surface area contributed by atoms with E-state index >= 15 is 0 Å². The van der Waals surface area contributed by atoms with Gasteiger partial charge in [0.2, 0.25) is 5.91 Å². The Kier molecular flexibility index (Phi) is 6.63. The van der Waals surface area contributed by atoms with Gasteiger partial charge in [0.25, 0.3) is 0 Å². The van der Waals surface area contributed by atoms with E-state index in [2.05, 4.69) is 47.9 Å². The number of rotatable bonds is 6. The minimum atomic E-state index is -0.677. The Morgan fingerprint density at radius 2 is 1.83 bits per heavy atom. The van der Waals surface area contributed by atoms with Crippen LogP contribution in [-0.2, 0) is 29.0 Å². The van der Waals surface area contributed by atoms with Gasteiger partial charge in [0.1, 0.15) is 5.82 Å². The standard InChI is InChI=1S/C29H35N3O3/c1-3-26(33)31-16-15-21-13-14-25-27(24(21)18-31)30-28(22-9-11-23(12-10-22)29(34)35)32(25)19(2)17-20-7-5-4-6-8-20/h4-8,13-14,19,22-23H,3,9-12,15-18H2,1-2H3,(H,34,35)/t19-,22?,23?/m0/s1. The molecule has 3 aromatic rings.